The van der Waals surface area contributed by atoms with E-state index in [-0.39, 0.29) is 90.0 Å². The first-order valence-electron chi connectivity index (χ1n) is 25.7. The number of benzene rings is 1. The van der Waals surface area contributed by atoms with Crippen molar-refractivity contribution < 1.29 is 75.7 Å². The van der Waals surface area contributed by atoms with Crippen molar-refractivity contribution in [3.05, 3.63) is 35.9 Å². The van der Waals surface area contributed by atoms with Crippen LogP contribution in [0.15, 0.2) is 30.3 Å². The fourth-order valence-electron chi connectivity index (χ4n) is 7.69. The molecule has 0 saturated carbocycles. The number of carbonyl (C=O) groups excluding carboxylic acids is 10. The van der Waals surface area contributed by atoms with Gasteiger partial charge in [0.2, 0.25) is 59.1 Å². The monoisotopic (exact) mass is 1150 g/mol. The third-order valence-electron chi connectivity index (χ3n) is 11.7. The molecule has 1 saturated heterocycles. The molecule has 0 aromatic heterocycles. The van der Waals surface area contributed by atoms with E-state index in [1.165, 1.54) is 13.8 Å². The van der Waals surface area contributed by atoms with Crippen LogP contribution < -0.4 is 81.8 Å². The highest BCUT2D eigenvalue weighted by molar-refractivity contribution is 7.79. The van der Waals surface area contributed by atoms with E-state index in [1.807, 2.05) is 0 Å². The van der Waals surface area contributed by atoms with Crippen LogP contribution in [0.25, 0.3) is 0 Å². The molecule has 1 aromatic rings. The summed E-state index contributed by atoms with van der Waals surface area (Å²) in [6.07, 6.45) is -3.90. The molecular formula is C47H83N15O16S. The summed E-state index contributed by atoms with van der Waals surface area (Å²) < 4.78 is 31.6. The highest BCUT2D eigenvalue weighted by atomic mass is 32.3. The van der Waals surface area contributed by atoms with Crippen LogP contribution in [0.3, 0.4) is 0 Å². The highest BCUT2D eigenvalue weighted by Crippen LogP contribution is 2.11. The second-order valence-corrected chi connectivity index (χ2v) is 19.9. The van der Waals surface area contributed by atoms with Crippen LogP contribution in [0.4, 0.5) is 0 Å². The zero-order valence-electron chi connectivity index (χ0n) is 44.9. The SMILES string of the molecule is CC(C)C[C@@H]1NC(=O)[C@@H](Cc2ccccc2)NC(=O)[C@H](CCN)NC(=O)[C@@H](NC(=O)[C@H](CCN)NC(=O)[C@@H](NC(=O)CCCN)C(C)O)CCNC(=O)[C@H](C(C)O)NC(=O)[C@H](CCN)NC(=O)[C@H](CCN)NC1=O.O=S(=O)(O)O. The van der Waals surface area contributed by atoms with E-state index < -0.39 is 149 Å². The minimum Gasteiger partial charge on any atom is -0.391 e. The lowest BCUT2D eigenvalue weighted by molar-refractivity contribution is -0.136. The molecule has 79 heavy (non-hydrogen) atoms. The van der Waals surface area contributed by atoms with Crippen LogP contribution in [0.5, 0.6) is 0 Å². The smallest absolute Gasteiger partial charge is 0.391 e. The summed E-state index contributed by atoms with van der Waals surface area (Å²) in [6, 6.07) is -4.57. The van der Waals surface area contributed by atoms with Crippen LogP contribution in [0, 0.1) is 5.92 Å². The maximum Gasteiger partial charge on any atom is 0.394 e. The number of nitrogens with one attached hydrogen (secondary N) is 10. The Morgan fingerprint density at radius 2 is 1.09 bits per heavy atom. The van der Waals surface area contributed by atoms with Gasteiger partial charge in [0.15, 0.2) is 0 Å². The molecule has 2 rings (SSSR count). The molecule has 10 amide bonds. The maximum absolute atomic E-state index is 14.3. The lowest BCUT2D eigenvalue weighted by Gasteiger charge is -2.28. The lowest BCUT2D eigenvalue weighted by Crippen LogP contribution is -2.61. The number of aliphatic hydroxyl groups excluding tert-OH is 2. The number of nitrogens with two attached hydrogens (primary N) is 5. The molecule has 0 radical (unpaired) electrons. The Hall–Kier alpha value is -6.49. The van der Waals surface area contributed by atoms with E-state index in [9.17, 15) is 58.2 Å². The topological polar surface area (TPSA) is 536 Å². The summed E-state index contributed by atoms with van der Waals surface area (Å²) in [4.78, 5) is 138. The first-order chi connectivity index (χ1) is 37.1. The predicted molar refractivity (Wildman–Crippen MR) is 285 cm³/mol. The quantitative estimate of drug-likeness (QED) is 0.0480. The first-order valence-corrected chi connectivity index (χ1v) is 27.1. The zero-order chi connectivity index (χ0) is 60.0. The van der Waals surface area contributed by atoms with Gasteiger partial charge in [0.25, 0.3) is 0 Å². The van der Waals surface area contributed by atoms with Crippen LogP contribution in [-0.2, 0) is 64.8 Å². The molecule has 24 N–H and O–H groups in total. The Balaban J connectivity index is 0.00000595. The molecule has 32 heteroatoms. The van der Waals surface area contributed by atoms with Crippen molar-refractivity contribution in [3.8, 4) is 0 Å². The number of carbonyl (C=O) groups is 10. The summed E-state index contributed by atoms with van der Waals surface area (Å²) in [7, 11) is -4.67. The molecule has 11 atom stereocenters. The number of hydrogen-bond acceptors (Lipinski definition) is 19. The zero-order valence-corrected chi connectivity index (χ0v) is 45.7. The third-order valence-corrected chi connectivity index (χ3v) is 11.7. The number of amides is 10. The van der Waals surface area contributed by atoms with Crippen LogP contribution in [0.1, 0.15) is 84.6 Å². The minimum atomic E-state index is -4.67. The van der Waals surface area contributed by atoms with Gasteiger partial charge in [-0.3, -0.25) is 57.1 Å². The number of rotatable bonds is 22. The Labute approximate surface area is 458 Å². The Morgan fingerprint density at radius 1 is 0.620 bits per heavy atom. The summed E-state index contributed by atoms with van der Waals surface area (Å²) in [6.45, 7) is 5.20. The van der Waals surface area contributed by atoms with Gasteiger partial charge in [-0.05, 0) is 103 Å². The maximum atomic E-state index is 14.3. The van der Waals surface area contributed by atoms with E-state index in [4.69, 9.17) is 46.2 Å². The van der Waals surface area contributed by atoms with Crippen LogP contribution >= 0.6 is 0 Å². The molecule has 1 aliphatic rings. The van der Waals surface area contributed by atoms with Gasteiger partial charge in [-0.2, -0.15) is 8.42 Å². The molecule has 448 valence electrons. The van der Waals surface area contributed by atoms with Crippen molar-refractivity contribution in [2.45, 2.75) is 152 Å². The molecule has 1 aromatic carbocycles. The van der Waals surface area contributed by atoms with Gasteiger partial charge in [-0.25, -0.2) is 0 Å². The highest BCUT2D eigenvalue weighted by Gasteiger charge is 2.37. The summed E-state index contributed by atoms with van der Waals surface area (Å²) in [5, 5.41) is 46.5. The molecule has 1 aliphatic heterocycles. The van der Waals surface area contributed by atoms with Crippen molar-refractivity contribution in [1.29, 1.82) is 0 Å². The van der Waals surface area contributed by atoms with Crippen molar-refractivity contribution in [3.63, 3.8) is 0 Å². The molecule has 1 fully saturated rings. The molecule has 0 spiro atoms. The summed E-state index contributed by atoms with van der Waals surface area (Å²) in [5.41, 5.74) is 29.5. The van der Waals surface area contributed by atoms with Gasteiger partial charge in [0, 0.05) is 19.4 Å². The standard InChI is InChI=1S/C47H81N15O12.H2O4S/c1-25(2)23-34-44(71)56-29(12-18-49)39(66)55-32(15-21-52)43(70)62-37(26(3)63)46(73)53-22-16-33(57-40(67)31(14-20-51)58-47(74)38(27(4)64)61-36(65)11-8-17-48)42(69)54-30(13-19-50)41(68)60-35(45(72)59-34)24-28-9-6-5-7-10-28;1-5(2,3)4/h5-7,9-10,25-27,29-35,37-38,63-64H,8,11-24,48-52H2,1-4H3,(H,53,73)(H,54,69)(H,55,66)(H,56,71)(H,57,67)(H,58,74)(H,59,72)(H,60,68)(H,61,65)(H,62,70);(H2,1,2,3,4)/t26?,27?,29-,30-,31-,32-,33-,34-,35+,37-,38-;/m0./s1. The van der Waals surface area contributed by atoms with Crippen molar-refractivity contribution in [2.75, 3.05) is 39.3 Å². The van der Waals surface area contributed by atoms with Gasteiger partial charge in [-0.1, -0.05) is 44.2 Å². The van der Waals surface area contributed by atoms with E-state index in [0.29, 0.717) is 5.56 Å². The van der Waals surface area contributed by atoms with E-state index in [2.05, 4.69) is 53.2 Å². The summed E-state index contributed by atoms with van der Waals surface area (Å²) >= 11 is 0. The summed E-state index contributed by atoms with van der Waals surface area (Å²) in [5.74, 6) is -9.01. The van der Waals surface area contributed by atoms with Crippen molar-refractivity contribution in [1.82, 2.24) is 53.2 Å². The first kappa shape index (κ1) is 70.5. The van der Waals surface area contributed by atoms with E-state index in [1.54, 1.807) is 44.2 Å². The fourth-order valence-corrected chi connectivity index (χ4v) is 7.69. The van der Waals surface area contributed by atoms with E-state index in [0.717, 1.165) is 0 Å². The van der Waals surface area contributed by atoms with Gasteiger partial charge in [0.1, 0.15) is 54.4 Å². The minimum absolute atomic E-state index is 0.0536. The molecule has 0 aliphatic carbocycles. The number of hydrogen-bond donors (Lipinski definition) is 19. The van der Waals surface area contributed by atoms with E-state index >= 15 is 0 Å². The Kier molecular flexibility index (Phi) is 32.7. The second-order valence-electron chi connectivity index (χ2n) is 19.0. The van der Waals surface area contributed by atoms with Gasteiger partial charge in [-0.15, -0.1) is 0 Å². The largest absolute Gasteiger partial charge is 0.394 e. The average molecular weight is 1150 g/mol. The van der Waals surface area contributed by atoms with Crippen LogP contribution in [0.2, 0.25) is 0 Å². The predicted octanol–water partition coefficient (Wildman–Crippen LogP) is -7.60. The Morgan fingerprint density at radius 3 is 1.56 bits per heavy atom. The van der Waals surface area contributed by atoms with Crippen LogP contribution in [-0.4, -0.2) is 193 Å². The molecule has 1 heterocycles. The third kappa shape index (κ3) is 27.8. The molecule has 0 bridgehead atoms. The lowest BCUT2D eigenvalue weighted by atomic mass is 10.00. The second kappa shape index (κ2) is 36.6. The van der Waals surface area contributed by atoms with Crippen molar-refractivity contribution >= 4 is 69.5 Å². The van der Waals surface area contributed by atoms with Gasteiger partial charge in [0.05, 0.1) is 12.2 Å². The van der Waals surface area contributed by atoms with Gasteiger partial charge < -0.3 is 92.0 Å². The molecule has 2 unspecified atom stereocenters. The number of aliphatic hydroxyl groups is 2. The normalized spacial score (nSPS) is 23.0. The molecular weight excluding hydrogens is 1060 g/mol. The average Bonchev–Trinajstić information content (AvgIpc) is 3.36. The fraction of sp³-hybridized carbons (Fsp3) is 0.660. The molecule has 31 nitrogen and oxygen atoms in total. The van der Waals surface area contributed by atoms with Gasteiger partial charge >= 0.3 is 10.4 Å². The Bertz CT molecular complexity index is 2260. The van der Waals surface area contributed by atoms with Crippen molar-refractivity contribution in [2.24, 2.45) is 34.6 Å².